The first-order chi connectivity index (χ1) is 10.0. The van der Waals surface area contributed by atoms with Gasteiger partial charge in [0.05, 0.1) is 6.61 Å². The fourth-order valence-electron chi connectivity index (χ4n) is 2.00. The molecule has 0 bridgehead atoms. The summed E-state index contributed by atoms with van der Waals surface area (Å²) >= 11 is 2.49. The molecule has 1 aromatic rings. The van der Waals surface area contributed by atoms with Crippen molar-refractivity contribution in [3.63, 3.8) is 0 Å². The Hall–Kier alpha value is -1.41. The standard InChI is InChI=1S/C13H16N2O4S2/c1-3-19-12(18)10-7-21-13(14-10)15-5-9(4-11(15)17)6-20-8(2)16/h7,9H,3-6H2,1-2H3. The molecule has 0 saturated carbocycles. The molecule has 1 unspecified atom stereocenters. The number of thioether (sulfide) groups is 1. The molecule has 0 aliphatic carbocycles. The Labute approximate surface area is 130 Å². The van der Waals surface area contributed by atoms with Gasteiger partial charge in [-0.1, -0.05) is 11.8 Å². The molecule has 0 spiro atoms. The molecule has 1 aliphatic rings. The molecule has 2 rings (SSSR count). The van der Waals surface area contributed by atoms with Crippen molar-refractivity contribution in [2.45, 2.75) is 20.3 Å². The number of rotatable bonds is 5. The van der Waals surface area contributed by atoms with E-state index < -0.39 is 5.97 Å². The van der Waals surface area contributed by atoms with Crippen molar-refractivity contribution >= 4 is 45.2 Å². The Morgan fingerprint density at radius 2 is 2.33 bits per heavy atom. The first kappa shape index (κ1) is 16.0. The van der Waals surface area contributed by atoms with E-state index in [9.17, 15) is 14.4 Å². The normalized spacial score (nSPS) is 18.1. The van der Waals surface area contributed by atoms with Gasteiger partial charge in [-0.2, -0.15) is 0 Å². The van der Waals surface area contributed by atoms with Gasteiger partial charge >= 0.3 is 5.97 Å². The topological polar surface area (TPSA) is 76.6 Å². The summed E-state index contributed by atoms with van der Waals surface area (Å²) in [4.78, 5) is 40.3. The van der Waals surface area contributed by atoms with Gasteiger partial charge in [-0.25, -0.2) is 9.78 Å². The third-order valence-corrected chi connectivity index (χ3v) is 4.84. The number of esters is 1. The second kappa shape index (κ2) is 7.04. The minimum absolute atomic E-state index is 0.0195. The van der Waals surface area contributed by atoms with Gasteiger partial charge < -0.3 is 4.74 Å². The molecule has 1 atom stereocenters. The summed E-state index contributed by atoms with van der Waals surface area (Å²) in [5, 5.41) is 2.16. The number of anilines is 1. The number of ether oxygens (including phenoxy) is 1. The molecule has 0 aromatic carbocycles. The lowest BCUT2D eigenvalue weighted by molar-refractivity contribution is -0.117. The van der Waals surface area contributed by atoms with E-state index in [1.165, 1.54) is 30.0 Å². The molecule has 114 valence electrons. The van der Waals surface area contributed by atoms with Crippen molar-refractivity contribution in [3.8, 4) is 0 Å². The SMILES string of the molecule is CCOC(=O)c1csc(N2CC(CSC(C)=O)CC2=O)n1. The Kier molecular flexibility index (Phi) is 5.35. The lowest BCUT2D eigenvalue weighted by atomic mass is 10.1. The number of aromatic nitrogens is 1. The Morgan fingerprint density at radius 3 is 3.00 bits per heavy atom. The Morgan fingerprint density at radius 1 is 1.57 bits per heavy atom. The van der Waals surface area contributed by atoms with Crippen LogP contribution in [0.15, 0.2) is 5.38 Å². The minimum Gasteiger partial charge on any atom is -0.461 e. The number of carbonyl (C=O) groups is 3. The largest absolute Gasteiger partial charge is 0.461 e. The molecule has 6 nitrogen and oxygen atoms in total. The molecule has 1 aromatic heterocycles. The minimum atomic E-state index is -0.477. The molecular formula is C13H16N2O4S2. The number of amides is 1. The quantitative estimate of drug-likeness (QED) is 0.769. The molecule has 0 radical (unpaired) electrons. The van der Waals surface area contributed by atoms with E-state index in [0.29, 0.717) is 30.5 Å². The summed E-state index contributed by atoms with van der Waals surface area (Å²) < 4.78 is 4.88. The highest BCUT2D eigenvalue weighted by molar-refractivity contribution is 8.13. The van der Waals surface area contributed by atoms with Crippen LogP contribution in [0.25, 0.3) is 0 Å². The number of hydrogen-bond donors (Lipinski definition) is 0. The zero-order valence-electron chi connectivity index (χ0n) is 11.8. The van der Waals surface area contributed by atoms with E-state index in [1.807, 2.05) is 0 Å². The third-order valence-electron chi connectivity index (χ3n) is 2.93. The van der Waals surface area contributed by atoms with E-state index in [1.54, 1.807) is 17.2 Å². The molecule has 1 aliphatic heterocycles. The monoisotopic (exact) mass is 328 g/mol. The first-order valence-electron chi connectivity index (χ1n) is 6.57. The Bertz CT molecular complexity index is 558. The predicted molar refractivity (Wildman–Crippen MR) is 81.7 cm³/mol. The van der Waals surface area contributed by atoms with Gasteiger partial charge in [0.2, 0.25) is 5.91 Å². The van der Waals surface area contributed by atoms with Gasteiger partial charge in [0.1, 0.15) is 0 Å². The molecule has 1 fully saturated rings. The van der Waals surface area contributed by atoms with Gasteiger partial charge in [0.25, 0.3) is 0 Å². The predicted octanol–water partition coefficient (Wildman–Crippen LogP) is 1.95. The zero-order valence-corrected chi connectivity index (χ0v) is 13.5. The van der Waals surface area contributed by atoms with Gasteiger partial charge in [-0.3, -0.25) is 14.5 Å². The number of carbonyl (C=O) groups excluding carboxylic acids is 3. The summed E-state index contributed by atoms with van der Waals surface area (Å²) in [6.07, 6.45) is 0.411. The third kappa shape index (κ3) is 4.04. The van der Waals surface area contributed by atoms with Gasteiger partial charge in [0, 0.05) is 31.0 Å². The van der Waals surface area contributed by atoms with E-state index in [0.717, 1.165) is 0 Å². The van der Waals surface area contributed by atoms with Crippen molar-refractivity contribution in [2.75, 3.05) is 23.8 Å². The van der Waals surface area contributed by atoms with Crippen molar-refractivity contribution in [2.24, 2.45) is 5.92 Å². The lowest BCUT2D eigenvalue weighted by Crippen LogP contribution is -2.24. The average molecular weight is 328 g/mol. The maximum atomic E-state index is 12.0. The number of nitrogens with zero attached hydrogens (tertiary/aromatic N) is 2. The maximum Gasteiger partial charge on any atom is 0.357 e. The second-order valence-electron chi connectivity index (χ2n) is 4.61. The average Bonchev–Trinajstić information content (AvgIpc) is 3.03. The van der Waals surface area contributed by atoms with Crippen LogP contribution in [0.5, 0.6) is 0 Å². The second-order valence-corrected chi connectivity index (χ2v) is 6.65. The smallest absolute Gasteiger partial charge is 0.357 e. The van der Waals surface area contributed by atoms with Crippen molar-refractivity contribution in [3.05, 3.63) is 11.1 Å². The fourth-order valence-corrected chi connectivity index (χ4v) is 3.51. The number of hydrogen-bond acceptors (Lipinski definition) is 7. The van der Waals surface area contributed by atoms with Crippen LogP contribution in [0.4, 0.5) is 5.13 Å². The zero-order chi connectivity index (χ0) is 15.4. The van der Waals surface area contributed by atoms with Crippen LogP contribution < -0.4 is 4.90 Å². The summed E-state index contributed by atoms with van der Waals surface area (Å²) in [6.45, 7) is 4.08. The molecule has 0 N–H and O–H groups in total. The van der Waals surface area contributed by atoms with Crippen LogP contribution in [0.3, 0.4) is 0 Å². The van der Waals surface area contributed by atoms with Crippen LogP contribution in [0.1, 0.15) is 30.8 Å². The fraction of sp³-hybridized carbons (Fsp3) is 0.538. The van der Waals surface area contributed by atoms with Crippen molar-refractivity contribution in [1.29, 1.82) is 0 Å². The van der Waals surface area contributed by atoms with Gasteiger partial charge in [0.15, 0.2) is 15.9 Å². The van der Waals surface area contributed by atoms with Crippen molar-refractivity contribution < 1.29 is 19.1 Å². The van der Waals surface area contributed by atoms with Crippen LogP contribution in [-0.4, -0.2) is 40.9 Å². The maximum absolute atomic E-state index is 12.0. The van der Waals surface area contributed by atoms with Gasteiger partial charge in [-0.15, -0.1) is 11.3 Å². The highest BCUT2D eigenvalue weighted by Crippen LogP contribution is 2.29. The molecule has 2 heterocycles. The summed E-state index contributed by atoms with van der Waals surface area (Å²) in [6, 6.07) is 0. The molecule has 8 heteroatoms. The van der Waals surface area contributed by atoms with E-state index in [4.69, 9.17) is 4.74 Å². The van der Waals surface area contributed by atoms with E-state index in [2.05, 4.69) is 4.98 Å². The highest BCUT2D eigenvalue weighted by atomic mass is 32.2. The van der Waals surface area contributed by atoms with E-state index >= 15 is 0 Å². The Balaban J connectivity index is 2.00. The lowest BCUT2D eigenvalue weighted by Gasteiger charge is -2.12. The molecular weight excluding hydrogens is 312 g/mol. The first-order valence-corrected chi connectivity index (χ1v) is 8.44. The van der Waals surface area contributed by atoms with Crippen LogP contribution in [0, 0.1) is 5.92 Å². The van der Waals surface area contributed by atoms with Crippen LogP contribution in [-0.2, 0) is 14.3 Å². The number of thiazole rings is 1. The van der Waals surface area contributed by atoms with Crippen LogP contribution in [0.2, 0.25) is 0 Å². The van der Waals surface area contributed by atoms with E-state index in [-0.39, 0.29) is 22.6 Å². The van der Waals surface area contributed by atoms with Crippen LogP contribution >= 0.6 is 23.1 Å². The van der Waals surface area contributed by atoms with Crippen molar-refractivity contribution in [1.82, 2.24) is 4.98 Å². The summed E-state index contributed by atoms with van der Waals surface area (Å²) in [5.74, 6) is 0.277. The molecule has 1 amide bonds. The molecule has 21 heavy (non-hydrogen) atoms. The van der Waals surface area contributed by atoms with Gasteiger partial charge in [-0.05, 0) is 12.8 Å². The highest BCUT2D eigenvalue weighted by Gasteiger charge is 2.32. The molecule has 1 saturated heterocycles. The summed E-state index contributed by atoms with van der Waals surface area (Å²) in [7, 11) is 0. The summed E-state index contributed by atoms with van der Waals surface area (Å²) in [5.41, 5.74) is 0.228.